The van der Waals surface area contributed by atoms with Gasteiger partial charge in [-0.3, -0.25) is 0 Å². The summed E-state index contributed by atoms with van der Waals surface area (Å²) in [6, 6.07) is 3.08. The second-order valence-electron chi connectivity index (χ2n) is 4.47. The van der Waals surface area contributed by atoms with E-state index >= 15 is 0 Å². The summed E-state index contributed by atoms with van der Waals surface area (Å²) < 4.78 is 10.5. The Bertz CT molecular complexity index is 473. The highest BCUT2D eigenvalue weighted by molar-refractivity contribution is 6.38. The molecule has 0 atom stereocenters. The predicted octanol–water partition coefficient (Wildman–Crippen LogP) is 3.16. The van der Waals surface area contributed by atoms with Crippen LogP contribution in [0.15, 0.2) is 12.1 Å². The molecule has 0 aliphatic carbocycles. The summed E-state index contributed by atoms with van der Waals surface area (Å²) in [5.74, 6) is -0.201. The van der Waals surface area contributed by atoms with Crippen molar-refractivity contribution in [1.29, 1.82) is 0 Å². The summed E-state index contributed by atoms with van der Waals surface area (Å²) in [6.07, 6.45) is 1.79. The average Bonchev–Trinajstić information content (AvgIpc) is 2.42. The van der Waals surface area contributed by atoms with Gasteiger partial charge < -0.3 is 15.2 Å². The standard InChI is InChI=1S/C13H15Cl2NO3/c14-9-1-2-10(15)12(16)11(9)13(17)19-7-8-3-5-18-6-4-8/h1-2,8H,3-7,16H2. The van der Waals surface area contributed by atoms with E-state index in [0.29, 0.717) is 30.8 Å². The first-order chi connectivity index (χ1) is 9.09. The van der Waals surface area contributed by atoms with Crippen molar-refractivity contribution in [2.45, 2.75) is 12.8 Å². The molecular formula is C13H15Cl2NO3. The Hall–Kier alpha value is -0.970. The van der Waals surface area contributed by atoms with Gasteiger partial charge in [0.05, 0.1) is 22.3 Å². The second kappa shape index (κ2) is 6.46. The first kappa shape index (κ1) is 14.4. The Morgan fingerprint density at radius 2 is 1.95 bits per heavy atom. The fourth-order valence-electron chi connectivity index (χ4n) is 1.95. The van der Waals surface area contributed by atoms with Crippen molar-refractivity contribution in [3.8, 4) is 0 Å². The van der Waals surface area contributed by atoms with Crippen LogP contribution in [0.3, 0.4) is 0 Å². The number of ether oxygens (including phenoxy) is 2. The molecule has 0 amide bonds. The van der Waals surface area contributed by atoms with Gasteiger partial charge in [0.15, 0.2) is 0 Å². The maximum Gasteiger partial charge on any atom is 0.341 e. The van der Waals surface area contributed by atoms with Crippen LogP contribution in [-0.2, 0) is 9.47 Å². The van der Waals surface area contributed by atoms with Gasteiger partial charge >= 0.3 is 5.97 Å². The van der Waals surface area contributed by atoms with E-state index in [1.54, 1.807) is 6.07 Å². The van der Waals surface area contributed by atoms with E-state index in [9.17, 15) is 4.79 Å². The zero-order valence-electron chi connectivity index (χ0n) is 10.3. The molecule has 19 heavy (non-hydrogen) atoms. The number of nitrogen functional groups attached to an aromatic ring is 1. The Morgan fingerprint density at radius 3 is 2.63 bits per heavy atom. The van der Waals surface area contributed by atoms with Gasteiger partial charge in [0.25, 0.3) is 0 Å². The lowest BCUT2D eigenvalue weighted by Crippen LogP contribution is -2.22. The Kier molecular flexibility index (Phi) is 4.91. The maximum absolute atomic E-state index is 12.0. The minimum Gasteiger partial charge on any atom is -0.462 e. The quantitative estimate of drug-likeness (QED) is 0.688. The summed E-state index contributed by atoms with van der Waals surface area (Å²) in [4.78, 5) is 12.0. The van der Waals surface area contributed by atoms with Crippen molar-refractivity contribution in [1.82, 2.24) is 0 Å². The molecule has 6 heteroatoms. The number of halogens is 2. The molecule has 2 rings (SSSR count). The molecule has 2 N–H and O–H groups in total. The number of carbonyl (C=O) groups is 1. The topological polar surface area (TPSA) is 61.6 Å². The first-order valence-corrected chi connectivity index (χ1v) is 6.83. The summed E-state index contributed by atoms with van der Waals surface area (Å²) in [5.41, 5.74) is 6.05. The third-order valence-electron chi connectivity index (χ3n) is 3.14. The normalized spacial score (nSPS) is 16.3. The van der Waals surface area contributed by atoms with E-state index in [0.717, 1.165) is 12.8 Å². The van der Waals surface area contributed by atoms with Crippen LogP contribution in [0, 0.1) is 5.92 Å². The zero-order chi connectivity index (χ0) is 13.8. The SMILES string of the molecule is Nc1c(Cl)ccc(Cl)c1C(=O)OCC1CCOCC1. The molecule has 1 aromatic carbocycles. The molecule has 1 saturated heterocycles. The zero-order valence-corrected chi connectivity index (χ0v) is 11.8. The molecule has 0 radical (unpaired) electrons. The lowest BCUT2D eigenvalue weighted by atomic mass is 10.0. The third-order valence-corrected chi connectivity index (χ3v) is 3.78. The highest BCUT2D eigenvalue weighted by Gasteiger charge is 2.21. The van der Waals surface area contributed by atoms with E-state index in [2.05, 4.69) is 0 Å². The fraction of sp³-hybridized carbons (Fsp3) is 0.462. The monoisotopic (exact) mass is 303 g/mol. The molecule has 104 valence electrons. The van der Waals surface area contributed by atoms with Gasteiger partial charge in [-0.1, -0.05) is 23.2 Å². The van der Waals surface area contributed by atoms with Gasteiger partial charge in [-0.05, 0) is 30.9 Å². The number of nitrogens with two attached hydrogens (primary N) is 1. The molecule has 1 aromatic rings. The van der Waals surface area contributed by atoms with Gasteiger partial charge in [-0.2, -0.15) is 0 Å². The van der Waals surface area contributed by atoms with E-state index in [1.165, 1.54) is 6.07 Å². The minimum absolute atomic E-state index is 0.140. The van der Waals surface area contributed by atoms with Crippen LogP contribution < -0.4 is 5.73 Å². The van der Waals surface area contributed by atoms with Crippen LogP contribution >= 0.6 is 23.2 Å². The number of rotatable bonds is 3. The highest BCUT2D eigenvalue weighted by Crippen LogP contribution is 2.30. The molecule has 0 bridgehead atoms. The Labute approximate surface area is 121 Å². The van der Waals surface area contributed by atoms with Crippen LogP contribution in [0.25, 0.3) is 0 Å². The fourth-order valence-corrected chi connectivity index (χ4v) is 2.35. The lowest BCUT2D eigenvalue weighted by molar-refractivity contribution is 0.0186. The van der Waals surface area contributed by atoms with Crippen molar-refractivity contribution in [2.75, 3.05) is 25.6 Å². The van der Waals surface area contributed by atoms with Crippen molar-refractivity contribution >= 4 is 34.9 Å². The molecule has 0 aromatic heterocycles. The predicted molar refractivity (Wildman–Crippen MR) is 74.7 cm³/mol. The Balaban J connectivity index is 2.01. The molecule has 0 saturated carbocycles. The lowest BCUT2D eigenvalue weighted by Gasteiger charge is -2.21. The van der Waals surface area contributed by atoms with Crippen LogP contribution in [0.1, 0.15) is 23.2 Å². The van der Waals surface area contributed by atoms with E-state index < -0.39 is 5.97 Å². The van der Waals surface area contributed by atoms with Crippen LogP contribution in [0.2, 0.25) is 10.0 Å². The summed E-state index contributed by atoms with van der Waals surface area (Å²) in [5, 5.41) is 0.543. The number of hydrogen-bond donors (Lipinski definition) is 1. The summed E-state index contributed by atoms with van der Waals surface area (Å²) >= 11 is 11.8. The molecule has 1 heterocycles. The summed E-state index contributed by atoms with van der Waals surface area (Å²) in [7, 11) is 0. The van der Waals surface area contributed by atoms with Gasteiger partial charge in [-0.25, -0.2) is 4.79 Å². The van der Waals surface area contributed by atoms with Crippen LogP contribution in [-0.4, -0.2) is 25.8 Å². The van der Waals surface area contributed by atoms with Gasteiger partial charge in [0.2, 0.25) is 0 Å². The van der Waals surface area contributed by atoms with E-state index in [-0.39, 0.29) is 16.3 Å². The van der Waals surface area contributed by atoms with Gasteiger partial charge in [0, 0.05) is 13.2 Å². The van der Waals surface area contributed by atoms with Crippen molar-refractivity contribution in [3.05, 3.63) is 27.7 Å². The second-order valence-corrected chi connectivity index (χ2v) is 5.29. The molecule has 1 fully saturated rings. The van der Waals surface area contributed by atoms with Crippen molar-refractivity contribution in [3.63, 3.8) is 0 Å². The molecule has 0 spiro atoms. The van der Waals surface area contributed by atoms with E-state index in [4.69, 9.17) is 38.4 Å². The minimum atomic E-state index is -0.531. The number of carbonyl (C=O) groups excluding carboxylic acids is 1. The number of benzene rings is 1. The number of hydrogen-bond acceptors (Lipinski definition) is 4. The van der Waals surface area contributed by atoms with Crippen LogP contribution in [0.4, 0.5) is 5.69 Å². The first-order valence-electron chi connectivity index (χ1n) is 6.08. The smallest absolute Gasteiger partial charge is 0.341 e. The number of esters is 1. The molecular weight excluding hydrogens is 289 g/mol. The average molecular weight is 304 g/mol. The van der Waals surface area contributed by atoms with Gasteiger partial charge in [-0.15, -0.1) is 0 Å². The molecule has 1 aliphatic heterocycles. The highest BCUT2D eigenvalue weighted by atomic mass is 35.5. The van der Waals surface area contributed by atoms with Gasteiger partial charge in [0.1, 0.15) is 5.56 Å². The van der Waals surface area contributed by atoms with E-state index in [1.807, 2.05) is 0 Å². The van der Waals surface area contributed by atoms with Crippen molar-refractivity contribution < 1.29 is 14.3 Å². The summed E-state index contributed by atoms with van der Waals surface area (Å²) in [6.45, 7) is 1.77. The molecule has 0 unspecified atom stereocenters. The van der Waals surface area contributed by atoms with Crippen LogP contribution in [0.5, 0.6) is 0 Å². The third kappa shape index (κ3) is 3.53. The maximum atomic E-state index is 12.0. The van der Waals surface area contributed by atoms with Crippen molar-refractivity contribution in [2.24, 2.45) is 5.92 Å². The molecule has 1 aliphatic rings. The number of anilines is 1. The Morgan fingerprint density at radius 1 is 1.32 bits per heavy atom. The largest absolute Gasteiger partial charge is 0.462 e. The molecule has 4 nitrogen and oxygen atoms in total.